The highest BCUT2D eigenvalue weighted by atomic mass is 32.1. The van der Waals surface area contributed by atoms with E-state index >= 15 is 0 Å². The van der Waals surface area contributed by atoms with Crippen molar-refractivity contribution in [3.63, 3.8) is 0 Å². The van der Waals surface area contributed by atoms with Gasteiger partial charge in [-0.1, -0.05) is 47.7 Å². The molecule has 0 bridgehead atoms. The third kappa shape index (κ3) is 3.79. The Labute approximate surface area is 212 Å². The summed E-state index contributed by atoms with van der Waals surface area (Å²) in [6.07, 6.45) is 0. The maximum absolute atomic E-state index is 13.5. The fourth-order valence-electron chi connectivity index (χ4n) is 4.59. The molecule has 36 heavy (non-hydrogen) atoms. The number of methoxy groups -OCH3 is 2. The molecular formula is C28H24N2O5S. The van der Waals surface area contributed by atoms with Gasteiger partial charge in [-0.15, -0.1) is 0 Å². The average Bonchev–Trinajstić information content (AvgIpc) is 3.42. The van der Waals surface area contributed by atoms with Crippen LogP contribution in [0.3, 0.4) is 0 Å². The number of carbonyl (C=O) groups excluding carboxylic acids is 2. The monoisotopic (exact) mass is 500 g/mol. The van der Waals surface area contributed by atoms with Crippen LogP contribution in [-0.2, 0) is 9.59 Å². The molecule has 7 nitrogen and oxygen atoms in total. The van der Waals surface area contributed by atoms with Crippen molar-refractivity contribution in [3.8, 4) is 11.5 Å². The molecule has 1 N–H and O–H groups in total. The molecule has 0 radical (unpaired) electrons. The highest BCUT2D eigenvalue weighted by Gasteiger charge is 2.49. The molecule has 3 aromatic carbocycles. The first kappa shape index (κ1) is 23.6. The molecule has 8 heteroatoms. The van der Waals surface area contributed by atoms with Gasteiger partial charge in [-0.25, -0.2) is 4.98 Å². The van der Waals surface area contributed by atoms with E-state index in [1.54, 1.807) is 42.5 Å². The summed E-state index contributed by atoms with van der Waals surface area (Å²) in [4.78, 5) is 33.1. The number of aliphatic hydroxyl groups is 1. The number of nitrogens with zero attached hydrogens (tertiary/aromatic N) is 2. The van der Waals surface area contributed by atoms with Crippen LogP contribution in [0.1, 0.15) is 28.3 Å². The minimum Gasteiger partial charge on any atom is -0.507 e. The van der Waals surface area contributed by atoms with Crippen LogP contribution in [0.15, 0.2) is 66.2 Å². The lowest BCUT2D eigenvalue weighted by molar-refractivity contribution is -0.132. The number of benzene rings is 3. The first-order chi connectivity index (χ1) is 17.3. The molecule has 2 heterocycles. The van der Waals surface area contributed by atoms with Crippen LogP contribution in [0, 0.1) is 13.8 Å². The van der Waals surface area contributed by atoms with Crippen LogP contribution in [0.5, 0.6) is 11.5 Å². The normalized spacial score (nSPS) is 17.1. The zero-order valence-corrected chi connectivity index (χ0v) is 21.1. The number of aryl methyl sites for hydroxylation is 2. The quantitative estimate of drug-likeness (QED) is 0.219. The highest BCUT2D eigenvalue weighted by Crippen LogP contribution is 2.47. The number of ether oxygens (including phenoxy) is 2. The third-order valence-corrected chi connectivity index (χ3v) is 7.25. The predicted molar refractivity (Wildman–Crippen MR) is 140 cm³/mol. The summed E-state index contributed by atoms with van der Waals surface area (Å²) in [6.45, 7) is 3.96. The third-order valence-electron chi connectivity index (χ3n) is 6.25. The Balaban J connectivity index is 1.80. The van der Waals surface area contributed by atoms with E-state index in [-0.39, 0.29) is 11.3 Å². The number of aromatic nitrogens is 1. The summed E-state index contributed by atoms with van der Waals surface area (Å²) in [5.41, 5.74) is 3.71. The van der Waals surface area contributed by atoms with Crippen LogP contribution < -0.4 is 14.4 Å². The van der Waals surface area contributed by atoms with Crippen LogP contribution in [0.4, 0.5) is 5.13 Å². The topological polar surface area (TPSA) is 89.0 Å². The molecule has 0 unspecified atom stereocenters. The summed E-state index contributed by atoms with van der Waals surface area (Å²) in [7, 11) is 3.05. The van der Waals surface area contributed by atoms with Gasteiger partial charge >= 0.3 is 5.91 Å². The van der Waals surface area contributed by atoms with Crippen molar-refractivity contribution in [1.82, 2.24) is 4.98 Å². The van der Waals surface area contributed by atoms with E-state index in [0.717, 1.165) is 21.3 Å². The van der Waals surface area contributed by atoms with E-state index in [1.165, 1.54) is 30.5 Å². The first-order valence-electron chi connectivity index (χ1n) is 11.3. The Kier molecular flexibility index (Phi) is 5.97. The molecule has 4 aromatic rings. The van der Waals surface area contributed by atoms with Crippen molar-refractivity contribution in [2.45, 2.75) is 19.9 Å². The van der Waals surface area contributed by atoms with E-state index in [4.69, 9.17) is 14.5 Å². The number of hydrogen-bond donors (Lipinski definition) is 1. The molecule has 1 aliphatic rings. The van der Waals surface area contributed by atoms with E-state index < -0.39 is 17.7 Å². The molecule has 1 amide bonds. The molecule has 1 aliphatic heterocycles. The van der Waals surface area contributed by atoms with Crippen molar-refractivity contribution in [2.24, 2.45) is 0 Å². The average molecular weight is 501 g/mol. The highest BCUT2D eigenvalue weighted by molar-refractivity contribution is 7.22. The summed E-state index contributed by atoms with van der Waals surface area (Å²) in [5, 5.41) is 11.7. The SMILES string of the molecule is COc1ccc(OC)c([C@H]2/C(=C(\O)c3ccccc3)C(=O)C(=O)N2c2nc3c(C)cc(C)cc3s2)c1. The fraction of sp³-hybridized carbons (Fsp3) is 0.179. The van der Waals surface area contributed by atoms with Crippen LogP contribution in [-0.4, -0.2) is 36.0 Å². The number of carbonyl (C=O) groups is 2. The van der Waals surface area contributed by atoms with Gasteiger partial charge < -0.3 is 14.6 Å². The lowest BCUT2D eigenvalue weighted by Crippen LogP contribution is -2.29. The van der Waals surface area contributed by atoms with Gasteiger partial charge in [0.25, 0.3) is 5.78 Å². The molecule has 182 valence electrons. The number of hydrogen-bond acceptors (Lipinski definition) is 7. The minimum atomic E-state index is -0.975. The Morgan fingerprint density at radius 3 is 2.44 bits per heavy atom. The number of ketones is 1. The zero-order chi connectivity index (χ0) is 25.6. The van der Waals surface area contributed by atoms with Crippen molar-refractivity contribution >= 4 is 44.1 Å². The molecule has 1 atom stereocenters. The number of Topliss-reactive ketones (excluding diaryl/α,β-unsaturated/α-hetero) is 1. The molecule has 1 fully saturated rings. The van der Waals surface area contributed by atoms with Gasteiger partial charge in [-0.05, 0) is 49.2 Å². The molecule has 1 saturated heterocycles. The largest absolute Gasteiger partial charge is 0.507 e. The van der Waals surface area contributed by atoms with Crippen LogP contribution in [0.2, 0.25) is 0 Å². The summed E-state index contributed by atoms with van der Waals surface area (Å²) < 4.78 is 12.0. The molecule has 0 saturated carbocycles. The van der Waals surface area contributed by atoms with Crippen LogP contribution >= 0.6 is 11.3 Å². The number of amides is 1. The van der Waals surface area contributed by atoms with Gasteiger partial charge in [0, 0.05) is 11.1 Å². The second kappa shape index (κ2) is 9.13. The van der Waals surface area contributed by atoms with Gasteiger partial charge in [-0.3, -0.25) is 14.5 Å². The molecule has 1 aromatic heterocycles. The van der Waals surface area contributed by atoms with Gasteiger partial charge in [0.05, 0.1) is 30.0 Å². The second-order valence-corrected chi connectivity index (χ2v) is 9.58. The number of anilines is 1. The number of aliphatic hydroxyl groups excluding tert-OH is 1. The van der Waals surface area contributed by atoms with E-state index in [2.05, 4.69) is 0 Å². The summed E-state index contributed by atoms with van der Waals surface area (Å²) >= 11 is 1.33. The first-order valence-corrected chi connectivity index (χ1v) is 12.1. The Hall–Kier alpha value is -4.17. The summed E-state index contributed by atoms with van der Waals surface area (Å²) in [5.74, 6) is -0.861. The van der Waals surface area contributed by atoms with Gasteiger partial charge in [0.2, 0.25) is 0 Å². The summed E-state index contributed by atoms with van der Waals surface area (Å²) in [6, 6.07) is 16.9. The van der Waals surface area contributed by atoms with Crippen LogP contribution in [0.25, 0.3) is 16.0 Å². The number of fused-ring (bicyclic) bond motifs is 1. The standard InChI is InChI=1S/C28H24N2O5S/c1-15-12-16(2)23-21(13-15)36-28(29-23)30-24(19-14-18(34-3)10-11-20(19)35-4)22(26(32)27(30)33)25(31)17-8-6-5-7-9-17/h5-14,24,31H,1-4H3/b25-22+/t24-/m0/s1. The lowest BCUT2D eigenvalue weighted by atomic mass is 9.94. The number of thiazole rings is 1. The predicted octanol–water partition coefficient (Wildman–Crippen LogP) is 5.56. The lowest BCUT2D eigenvalue weighted by Gasteiger charge is -2.25. The van der Waals surface area contributed by atoms with Crippen molar-refractivity contribution in [3.05, 3.63) is 88.5 Å². The van der Waals surface area contributed by atoms with Crippen molar-refractivity contribution in [1.29, 1.82) is 0 Å². The van der Waals surface area contributed by atoms with Gasteiger partial charge in [0.1, 0.15) is 23.3 Å². The Morgan fingerprint density at radius 1 is 1.00 bits per heavy atom. The maximum Gasteiger partial charge on any atom is 0.301 e. The van der Waals surface area contributed by atoms with E-state index in [1.807, 2.05) is 32.0 Å². The number of rotatable bonds is 5. The molecular weight excluding hydrogens is 476 g/mol. The Morgan fingerprint density at radius 2 is 1.75 bits per heavy atom. The minimum absolute atomic E-state index is 0.0371. The molecule has 0 spiro atoms. The van der Waals surface area contributed by atoms with Crippen molar-refractivity contribution < 1.29 is 24.2 Å². The van der Waals surface area contributed by atoms with E-state index in [9.17, 15) is 14.7 Å². The molecule has 5 rings (SSSR count). The zero-order valence-electron chi connectivity index (χ0n) is 20.2. The van der Waals surface area contributed by atoms with Crippen molar-refractivity contribution in [2.75, 3.05) is 19.1 Å². The maximum atomic E-state index is 13.5. The molecule has 0 aliphatic carbocycles. The second-order valence-electron chi connectivity index (χ2n) is 8.57. The smallest absolute Gasteiger partial charge is 0.301 e. The van der Waals surface area contributed by atoms with E-state index in [0.29, 0.717) is 27.8 Å². The Bertz CT molecular complexity index is 1540. The fourth-order valence-corrected chi connectivity index (χ4v) is 5.76. The van der Waals surface area contributed by atoms with Gasteiger partial charge in [-0.2, -0.15) is 0 Å². The van der Waals surface area contributed by atoms with Gasteiger partial charge in [0.15, 0.2) is 5.13 Å².